The van der Waals surface area contributed by atoms with Crippen LogP contribution in [0.5, 0.6) is 17.2 Å². The number of hydrogen-bond acceptors (Lipinski definition) is 9. The second-order valence-electron chi connectivity index (χ2n) is 9.94. The van der Waals surface area contributed by atoms with E-state index in [-0.39, 0.29) is 18.8 Å². The normalized spacial score (nSPS) is 14.3. The Labute approximate surface area is 268 Å². The van der Waals surface area contributed by atoms with Crippen molar-refractivity contribution in [3.05, 3.63) is 119 Å². The van der Waals surface area contributed by atoms with Gasteiger partial charge in [0.15, 0.2) is 16.3 Å². The van der Waals surface area contributed by atoms with Crippen molar-refractivity contribution >= 4 is 35.0 Å². The summed E-state index contributed by atoms with van der Waals surface area (Å²) in [7, 11) is 1.51. The molecule has 0 unspecified atom stereocenters. The summed E-state index contributed by atoms with van der Waals surface area (Å²) >= 11 is 7.85. The van der Waals surface area contributed by atoms with Gasteiger partial charge in [0.25, 0.3) is 5.56 Å². The number of allylic oxidation sites excluding steroid dienone is 1. The minimum Gasteiger partial charge on any atom is -0.494 e. The van der Waals surface area contributed by atoms with Crippen LogP contribution in [-0.4, -0.2) is 30.9 Å². The number of aromatic nitrogens is 1. The standard InChI is InChI=1S/C34H30ClN3O6S/c1-5-42-25-13-11-24(12-14-25)30-29(33(40)43-6-2)20(3)37-34-38(30)32(39)28(45-34)17-23-15-26(35)31(27(16-23)41-4)44-19-22-9-7-21(18-36)8-10-22/h7-17,30H,5-6,19H2,1-4H3/b28-17-/t30-/m1/s1. The zero-order chi connectivity index (χ0) is 32.1. The first-order chi connectivity index (χ1) is 21.8. The molecule has 230 valence electrons. The summed E-state index contributed by atoms with van der Waals surface area (Å²) in [5.41, 5.74) is 3.22. The number of ether oxygens (including phenoxy) is 4. The molecule has 0 aliphatic carbocycles. The fourth-order valence-corrected chi connectivity index (χ4v) is 6.29. The third kappa shape index (κ3) is 6.65. The van der Waals surface area contributed by atoms with Gasteiger partial charge in [0.1, 0.15) is 12.4 Å². The molecule has 0 bridgehead atoms. The summed E-state index contributed by atoms with van der Waals surface area (Å²) in [6.45, 7) is 6.29. The van der Waals surface area contributed by atoms with Crippen LogP contribution in [0.15, 0.2) is 81.7 Å². The highest BCUT2D eigenvalue weighted by Crippen LogP contribution is 2.37. The predicted octanol–water partition coefficient (Wildman–Crippen LogP) is 5.31. The van der Waals surface area contributed by atoms with Crippen LogP contribution >= 0.6 is 22.9 Å². The van der Waals surface area contributed by atoms with Gasteiger partial charge < -0.3 is 18.9 Å². The van der Waals surface area contributed by atoms with Gasteiger partial charge >= 0.3 is 5.97 Å². The first kappa shape index (κ1) is 31.6. The van der Waals surface area contributed by atoms with Gasteiger partial charge in [-0.25, -0.2) is 9.79 Å². The van der Waals surface area contributed by atoms with Gasteiger partial charge in [-0.1, -0.05) is 47.2 Å². The molecule has 0 saturated carbocycles. The van der Waals surface area contributed by atoms with Crippen LogP contribution < -0.4 is 29.1 Å². The number of thiazole rings is 1. The number of carbonyl (C=O) groups excluding carboxylic acids is 1. The molecule has 5 rings (SSSR count). The lowest BCUT2D eigenvalue weighted by Crippen LogP contribution is -2.39. The molecule has 9 nitrogen and oxygen atoms in total. The number of benzene rings is 3. The SMILES string of the molecule is CCOC(=O)C1=C(C)N=c2s/c(=C\c3cc(Cl)c(OCc4ccc(C#N)cc4)c(OC)c3)c(=O)n2[C@@H]1c1ccc(OCC)cc1. The number of carbonyl (C=O) groups is 1. The van der Waals surface area contributed by atoms with E-state index >= 15 is 0 Å². The number of esters is 1. The number of halogens is 1. The van der Waals surface area contributed by atoms with E-state index in [0.29, 0.717) is 60.6 Å². The molecule has 3 aromatic carbocycles. The zero-order valence-electron chi connectivity index (χ0n) is 25.1. The highest BCUT2D eigenvalue weighted by atomic mass is 35.5. The molecule has 0 fully saturated rings. The number of rotatable bonds is 10. The van der Waals surface area contributed by atoms with E-state index in [1.54, 1.807) is 44.2 Å². The first-order valence-corrected chi connectivity index (χ1v) is 15.4. The third-order valence-electron chi connectivity index (χ3n) is 7.04. The molecule has 0 saturated heterocycles. The van der Waals surface area contributed by atoms with E-state index in [1.807, 2.05) is 43.3 Å². The Morgan fingerprint density at radius 3 is 2.47 bits per heavy atom. The maximum Gasteiger partial charge on any atom is 0.338 e. The molecule has 1 atom stereocenters. The van der Waals surface area contributed by atoms with E-state index < -0.39 is 12.0 Å². The van der Waals surface area contributed by atoms with Gasteiger partial charge in [-0.2, -0.15) is 5.26 Å². The van der Waals surface area contributed by atoms with E-state index in [9.17, 15) is 9.59 Å². The van der Waals surface area contributed by atoms with Crippen LogP contribution in [-0.2, 0) is 16.1 Å². The second-order valence-corrected chi connectivity index (χ2v) is 11.4. The van der Waals surface area contributed by atoms with Gasteiger partial charge in [0.2, 0.25) is 0 Å². The van der Waals surface area contributed by atoms with Crippen LogP contribution in [0.1, 0.15) is 49.1 Å². The topological polar surface area (TPSA) is 112 Å². The quantitative estimate of drug-likeness (QED) is 0.215. The van der Waals surface area contributed by atoms with Crippen LogP contribution in [0.2, 0.25) is 5.02 Å². The fraction of sp³-hybridized carbons (Fsp3) is 0.235. The fourth-order valence-electron chi connectivity index (χ4n) is 4.97. The molecule has 11 heteroatoms. The van der Waals surface area contributed by atoms with Crippen LogP contribution in [0.4, 0.5) is 0 Å². The van der Waals surface area contributed by atoms with Crippen molar-refractivity contribution in [1.82, 2.24) is 4.57 Å². The lowest BCUT2D eigenvalue weighted by atomic mass is 9.96. The molecule has 0 N–H and O–H groups in total. The van der Waals surface area contributed by atoms with Crippen LogP contribution in [0, 0.1) is 11.3 Å². The molecular weight excluding hydrogens is 614 g/mol. The van der Waals surface area contributed by atoms with Gasteiger partial charge in [-0.15, -0.1) is 0 Å². The number of hydrogen-bond donors (Lipinski definition) is 0. The molecule has 1 aliphatic rings. The molecule has 0 spiro atoms. The van der Waals surface area contributed by atoms with Crippen molar-refractivity contribution in [2.45, 2.75) is 33.4 Å². The smallest absolute Gasteiger partial charge is 0.338 e. The van der Waals surface area contributed by atoms with E-state index in [0.717, 1.165) is 11.1 Å². The van der Waals surface area contributed by atoms with E-state index in [2.05, 4.69) is 11.1 Å². The van der Waals surface area contributed by atoms with Gasteiger partial charge in [-0.3, -0.25) is 9.36 Å². The highest BCUT2D eigenvalue weighted by Gasteiger charge is 2.33. The number of fused-ring (bicyclic) bond motifs is 1. The van der Waals surface area contributed by atoms with Crippen molar-refractivity contribution in [3.8, 4) is 23.3 Å². The van der Waals surface area contributed by atoms with Crippen LogP contribution in [0.3, 0.4) is 0 Å². The van der Waals surface area contributed by atoms with Crippen molar-refractivity contribution < 1.29 is 23.7 Å². The summed E-state index contributed by atoms with van der Waals surface area (Å²) in [6, 6.07) is 19.1. The van der Waals surface area contributed by atoms with Crippen molar-refractivity contribution in [3.63, 3.8) is 0 Å². The maximum absolute atomic E-state index is 14.0. The maximum atomic E-state index is 14.0. The molecule has 4 aromatic rings. The van der Waals surface area contributed by atoms with Crippen LogP contribution in [0.25, 0.3) is 6.08 Å². The Bertz CT molecular complexity index is 1990. The van der Waals surface area contributed by atoms with Crippen molar-refractivity contribution in [2.75, 3.05) is 20.3 Å². The Hall–Kier alpha value is -4.85. The molecule has 0 radical (unpaired) electrons. The number of nitriles is 1. The Kier molecular flexibility index (Phi) is 9.71. The Balaban J connectivity index is 1.54. The van der Waals surface area contributed by atoms with Crippen molar-refractivity contribution in [1.29, 1.82) is 5.26 Å². The Morgan fingerprint density at radius 2 is 1.82 bits per heavy atom. The molecule has 1 aliphatic heterocycles. The number of nitrogens with zero attached hydrogens (tertiary/aromatic N) is 3. The monoisotopic (exact) mass is 643 g/mol. The molecule has 45 heavy (non-hydrogen) atoms. The molecule has 1 aromatic heterocycles. The summed E-state index contributed by atoms with van der Waals surface area (Å²) in [4.78, 5) is 32.2. The average molecular weight is 644 g/mol. The summed E-state index contributed by atoms with van der Waals surface area (Å²) in [6.07, 6.45) is 1.71. The first-order valence-electron chi connectivity index (χ1n) is 14.2. The average Bonchev–Trinajstić information content (AvgIpc) is 3.34. The summed E-state index contributed by atoms with van der Waals surface area (Å²) in [5, 5.41) is 9.33. The minimum absolute atomic E-state index is 0.186. The lowest BCUT2D eigenvalue weighted by Gasteiger charge is -2.24. The molecular formula is C34H30ClN3O6S. The molecule has 0 amide bonds. The Morgan fingerprint density at radius 1 is 1.09 bits per heavy atom. The van der Waals surface area contributed by atoms with Crippen molar-refractivity contribution in [2.24, 2.45) is 4.99 Å². The predicted molar refractivity (Wildman–Crippen MR) is 172 cm³/mol. The van der Waals surface area contributed by atoms with E-state index in [1.165, 1.54) is 23.0 Å². The van der Waals surface area contributed by atoms with Gasteiger partial charge in [0, 0.05) is 0 Å². The van der Waals surface area contributed by atoms with E-state index in [4.69, 9.17) is 35.8 Å². The molecule has 2 heterocycles. The minimum atomic E-state index is -0.741. The zero-order valence-corrected chi connectivity index (χ0v) is 26.7. The summed E-state index contributed by atoms with van der Waals surface area (Å²) < 4.78 is 24.5. The van der Waals surface area contributed by atoms with Gasteiger partial charge in [0.05, 0.1) is 58.8 Å². The second kappa shape index (κ2) is 13.8. The lowest BCUT2D eigenvalue weighted by molar-refractivity contribution is -0.139. The third-order valence-corrected chi connectivity index (χ3v) is 8.30. The van der Waals surface area contributed by atoms with Gasteiger partial charge in [-0.05, 0) is 79.9 Å². The number of methoxy groups -OCH3 is 1. The summed E-state index contributed by atoms with van der Waals surface area (Å²) in [5.74, 6) is 0.900. The largest absolute Gasteiger partial charge is 0.494 e. The highest BCUT2D eigenvalue weighted by molar-refractivity contribution is 7.07.